The van der Waals surface area contributed by atoms with E-state index in [0.717, 1.165) is 0 Å². The molecule has 1 amide bonds. The Morgan fingerprint density at radius 3 is 1.86 bits per heavy atom. The van der Waals surface area contributed by atoms with Crippen molar-refractivity contribution < 1.29 is 28.2 Å². The molecule has 6 nitrogen and oxygen atoms in total. The molecule has 1 aromatic rings. The number of methoxy groups -OCH3 is 1. The summed E-state index contributed by atoms with van der Waals surface area (Å²) in [6, 6.07) is 5.74. The lowest BCUT2D eigenvalue weighted by molar-refractivity contribution is -0.171. The molecular weight excluding hydrogens is 365 g/mol. The van der Waals surface area contributed by atoms with Crippen molar-refractivity contribution in [2.75, 3.05) is 13.8 Å². The Bertz CT molecular complexity index is 676. The van der Waals surface area contributed by atoms with Crippen LogP contribution in [0.15, 0.2) is 24.3 Å². The maximum atomic E-state index is 13.3. The van der Waals surface area contributed by atoms with E-state index < -0.39 is 28.8 Å². The molecule has 0 fully saturated rings. The van der Waals surface area contributed by atoms with Crippen LogP contribution in [0.4, 0.5) is 9.18 Å². The molecule has 0 aromatic heterocycles. The highest BCUT2D eigenvalue weighted by molar-refractivity contribution is 5.86. The Balaban J connectivity index is 3.36. The first-order chi connectivity index (χ1) is 12.7. The van der Waals surface area contributed by atoms with Gasteiger partial charge in [-0.1, -0.05) is 12.1 Å². The predicted molar refractivity (Wildman–Crippen MR) is 104 cm³/mol. The van der Waals surface area contributed by atoms with Crippen LogP contribution in [-0.4, -0.2) is 47.5 Å². The Kier molecular flexibility index (Phi) is 7.59. The summed E-state index contributed by atoms with van der Waals surface area (Å²) in [5.74, 6) is -0.990. The lowest BCUT2D eigenvalue weighted by atomic mass is 9.91. The predicted octanol–water partition coefficient (Wildman–Crippen LogP) is 4.31. The Labute approximate surface area is 166 Å². The molecule has 0 unspecified atom stereocenters. The third-order valence-corrected chi connectivity index (χ3v) is 3.77. The zero-order valence-electron chi connectivity index (χ0n) is 18.1. The third kappa shape index (κ3) is 7.11. The third-order valence-electron chi connectivity index (χ3n) is 3.77. The van der Waals surface area contributed by atoms with E-state index in [4.69, 9.17) is 14.2 Å². The van der Waals surface area contributed by atoms with Gasteiger partial charge >= 0.3 is 12.1 Å². The number of hydrogen-bond donors (Lipinski definition) is 0. The maximum Gasteiger partial charge on any atom is 0.413 e. The summed E-state index contributed by atoms with van der Waals surface area (Å²) in [4.78, 5) is 27.2. The fourth-order valence-corrected chi connectivity index (χ4v) is 2.51. The molecule has 0 radical (unpaired) electrons. The number of hydrogen-bond acceptors (Lipinski definition) is 5. The number of nitrogens with zero attached hydrogens (tertiary/aromatic N) is 1. The first-order valence-electron chi connectivity index (χ1n) is 9.15. The van der Waals surface area contributed by atoms with Crippen LogP contribution in [0, 0.1) is 5.82 Å². The minimum atomic E-state index is -1.43. The van der Waals surface area contributed by atoms with Crippen LogP contribution in [0.25, 0.3) is 0 Å². The molecule has 0 aliphatic carbocycles. The van der Waals surface area contributed by atoms with Gasteiger partial charge in [0.25, 0.3) is 0 Å². The summed E-state index contributed by atoms with van der Waals surface area (Å²) in [6.07, 6.45) is -0.602. The SMILES string of the molecule is COCN(C(=O)OC(C)(C)C)[C@@](C)(Cc1ccc(F)cc1)C(=O)OC(C)(C)C. The van der Waals surface area contributed by atoms with Crippen LogP contribution < -0.4 is 0 Å². The van der Waals surface area contributed by atoms with E-state index in [2.05, 4.69) is 0 Å². The van der Waals surface area contributed by atoms with Gasteiger partial charge in [-0.3, -0.25) is 4.90 Å². The van der Waals surface area contributed by atoms with Crippen LogP contribution in [0.2, 0.25) is 0 Å². The average Bonchev–Trinajstić information content (AvgIpc) is 2.51. The monoisotopic (exact) mass is 397 g/mol. The molecule has 1 rings (SSSR count). The second-order valence-corrected chi connectivity index (χ2v) is 8.91. The highest BCUT2D eigenvalue weighted by Crippen LogP contribution is 2.27. The molecule has 0 spiro atoms. The topological polar surface area (TPSA) is 65.1 Å². The van der Waals surface area contributed by atoms with Crippen LogP contribution in [0.1, 0.15) is 54.0 Å². The molecule has 0 bridgehead atoms. The van der Waals surface area contributed by atoms with Gasteiger partial charge in [-0.15, -0.1) is 0 Å². The number of halogens is 1. The second kappa shape index (κ2) is 8.90. The first kappa shape index (κ1) is 23.9. The summed E-state index contributed by atoms with van der Waals surface area (Å²) >= 11 is 0. The van der Waals surface area contributed by atoms with Crippen LogP contribution in [0.3, 0.4) is 0 Å². The van der Waals surface area contributed by atoms with E-state index in [1.54, 1.807) is 60.6 Å². The van der Waals surface area contributed by atoms with Crippen molar-refractivity contribution in [1.29, 1.82) is 0 Å². The zero-order valence-corrected chi connectivity index (χ0v) is 18.1. The minimum absolute atomic E-state index is 0.102. The normalized spacial score (nSPS) is 14.2. The van der Waals surface area contributed by atoms with Gasteiger partial charge < -0.3 is 14.2 Å². The van der Waals surface area contributed by atoms with Crippen molar-refractivity contribution in [3.05, 3.63) is 35.6 Å². The quantitative estimate of drug-likeness (QED) is 0.529. The molecule has 0 N–H and O–H groups in total. The Hall–Kier alpha value is -2.15. The maximum absolute atomic E-state index is 13.3. The van der Waals surface area contributed by atoms with E-state index in [0.29, 0.717) is 5.56 Å². The van der Waals surface area contributed by atoms with E-state index in [1.165, 1.54) is 24.1 Å². The van der Waals surface area contributed by atoms with Crippen molar-refractivity contribution in [2.45, 2.75) is 71.6 Å². The van der Waals surface area contributed by atoms with Crippen LogP contribution in [0.5, 0.6) is 0 Å². The lowest BCUT2D eigenvalue weighted by Crippen LogP contribution is -2.59. The molecule has 0 heterocycles. The van der Waals surface area contributed by atoms with Crippen molar-refractivity contribution >= 4 is 12.1 Å². The molecule has 0 aliphatic heterocycles. The van der Waals surface area contributed by atoms with Gasteiger partial charge in [0.15, 0.2) is 0 Å². The standard InChI is InChI=1S/C21H32FNO5/c1-19(2,3)27-17(24)21(7,13-15-9-11-16(22)12-10-15)23(14-26-8)18(25)28-20(4,5)6/h9-12H,13-14H2,1-8H3/t21-/m0/s1. The van der Waals surface area contributed by atoms with Gasteiger partial charge in [0.1, 0.15) is 29.3 Å². The van der Waals surface area contributed by atoms with Crippen molar-refractivity contribution in [1.82, 2.24) is 4.90 Å². The molecular formula is C21H32FNO5. The highest BCUT2D eigenvalue weighted by Gasteiger charge is 2.46. The van der Waals surface area contributed by atoms with E-state index in [-0.39, 0.29) is 19.0 Å². The first-order valence-corrected chi connectivity index (χ1v) is 9.15. The summed E-state index contributed by atoms with van der Waals surface area (Å²) in [5.41, 5.74) is -2.27. The van der Waals surface area contributed by atoms with E-state index in [1.807, 2.05) is 0 Å². The highest BCUT2D eigenvalue weighted by atomic mass is 19.1. The largest absolute Gasteiger partial charge is 0.458 e. The smallest absolute Gasteiger partial charge is 0.413 e. The summed E-state index contributed by atoms with van der Waals surface area (Å²) in [5, 5.41) is 0. The molecule has 0 aliphatic rings. The number of esters is 1. The number of carbonyl (C=O) groups is 2. The van der Waals surface area contributed by atoms with E-state index in [9.17, 15) is 14.0 Å². The molecule has 158 valence electrons. The number of ether oxygens (including phenoxy) is 3. The molecule has 0 saturated carbocycles. The number of amides is 1. The van der Waals surface area contributed by atoms with Gasteiger partial charge in [-0.25, -0.2) is 14.0 Å². The van der Waals surface area contributed by atoms with Gasteiger partial charge in [-0.05, 0) is 66.2 Å². The number of benzene rings is 1. The molecule has 0 saturated heterocycles. The van der Waals surface area contributed by atoms with Crippen molar-refractivity contribution in [2.24, 2.45) is 0 Å². The van der Waals surface area contributed by atoms with Gasteiger partial charge in [0.2, 0.25) is 0 Å². The van der Waals surface area contributed by atoms with Gasteiger partial charge in [0.05, 0.1) is 0 Å². The molecule has 28 heavy (non-hydrogen) atoms. The van der Waals surface area contributed by atoms with Crippen LogP contribution >= 0.6 is 0 Å². The minimum Gasteiger partial charge on any atom is -0.458 e. The number of carbonyl (C=O) groups excluding carboxylic acids is 2. The Morgan fingerprint density at radius 1 is 0.929 bits per heavy atom. The Morgan fingerprint density at radius 2 is 1.43 bits per heavy atom. The second-order valence-electron chi connectivity index (χ2n) is 8.91. The van der Waals surface area contributed by atoms with Crippen LogP contribution in [-0.2, 0) is 25.4 Å². The fraction of sp³-hybridized carbons (Fsp3) is 0.619. The molecule has 7 heteroatoms. The fourth-order valence-electron chi connectivity index (χ4n) is 2.51. The van der Waals surface area contributed by atoms with Gasteiger partial charge in [-0.2, -0.15) is 0 Å². The van der Waals surface area contributed by atoms with E-state index >= 15 is 0 Å². The van der Waals surface area contributed by atoms with Crippen molar-refractivity contribution in [3.63, 3.8) is 0 Å². The summed E-state index contributed by atoms with van der Waals surface area (Å²) in [7, 11) is 1.42. The van der Waals surface area contributed by atoms with Gasteiger partial charge in [0, 0.05) is 13.5 Å². The summed E-state index contributed by atoms with van der Waals surface area (Å²) in [6.45, 7) is 11.9. The zero-order chi connectivity index (χ0) is 21.8. The number of rotatable bonds is 6. The molecule has 1 aromatic carbocycles. The molecule has 1 atom stereocenters. The lowest BCUT2D eigenvalue weighted by Gasteiger charge is -2.40. The average molecular weight is 397 g/mol. The summed E-state index contributed by atoms with van der Waals surface area (Å²) < 4.78 is 29.5. The van der Waals surface area contributed by atoms with Crippen molar-refractivity contribution in [3.8, 4) is 0 Å².